The molecule has 0 fully saturated rings. The summed E-state index contributed by atoms with van der Waals surface area (Å²) in [4.78, 5) is 4.33. The van der Waals surface area contributed by atoms with Gasteiger partial charge in [-0.15, -0.1) is 0 Å². The summed E-state index contributed by atoms with van der Waals surface area (Å²) in [5.74, 6) is 1.04. The first kappa shape index (κ1) is 14.1. The van der Waals surface area contributed by atoms with E-state index in [9.17, 15) is 17.3 Å². The second kappa shape index (κ2) is 5.18. The van der Waals surface area contributed by atoms with Gasteiger partial charge >= 0.3 is 7.25 Å². The van der Waals surface area contributed by atoms with Crippen molar-refractivity contribution in [3.8, 4) is 0 Å². The Labute approximate surface area is 118 Å². The Hall–Kier alpha value is -1.83. The first-order valence-corrected chi connectivity index (χ1v) is 6.52. The molecule has 2 heterocycles. The van der Waals surface area contributed by atoms with Crippen molar-refractivity contribution >= 4 is 7.25 Å². The van der Waals surface area contributed by atoms with Gasteiger partial charge in [0.1, 0.15) is 12.4 Å². The maximum absolute atomic E-state index is 9.75. The van der Waals surface area contributed by atoms with E-state index in [1.165, 1.54) is 11.1 Å². The third-order valence-electron chi connectivity index (χ3n) is 3.62. The predicted molar refractivity (Wildman–Crippen MR) is 69.3 cm³/mol. The molecule has 0 saturated carbocycles. The van der Waals surface area contributed by atoms with Crippen molar-refractivity contribution in [2.24, 2.45) is 0 Å². The lowest BCUT2D eigenvalue weighted by Crippen LogP contribution is -2.30. The van der Waals surface area contributed by atoms with Gasteiger partial charge in [0.05, 0.1) is 12.1 Å². The molecule has 21 heavy (non-hydrogen) atoms. The lowest BCUT2D eigenvalue weighted by atomic mass is 10.1. The molecular weight excluding hydrogens is 287 g/mol. The summed E-state index contributed by atoms with van der Waals surface area (Å²) in [5, 5.41) is 0. The summed E-state index contributed by atoms with van der Waals surface area (Å²) >= 11 is 0. The van der Waals surface area contributed by atoms with E-state index in [2.05, 4.69) is 40.0 Å². The molecule has 0 N–H and O–H groups in total. The fourth-order valence-corrected chi connectivity index (χ4v) is 2.91. The zero-order chi connectivity index (χ0) is 15.0. The number of ether oxygens (including phenoxy) is 1. The van der Waals surface area contributed by atoms with Crippen LogP contribution in [0.3, 0.4) is 0 Å². The van der Waals surface area contributed by atoms with Crippen LogP contribution in [0.1, 0.15) is 23.0 Å². The van der Waals surface area contributed by atoms with Crippen molar-refractivity contribution in [1.29, 1.82) is 0 Å². The van der Waals surface area contributed by atoms with Crippen LogP contribution in [0.2, 0.25) is 0 Å². The van der Waals surface area contributed by atoms with E-state index < -0.39 is 7.25 Å². The first-order chi connectivity index (χ1) is 9.93. The molecule has 3 nitrogen and oxygen atoms in total. The Bertz CT molecular complexity index is 637. The average Bonchev–Trinajstić information content (AvgIpc) is 2.99. The Kier molecular flexibility index (Phi) is 3.48. The molecule has 1 aromatic heterocycles. The normalized spacial score (nSPS) is 22.7. The Morgan fingerprint density at radius 2 is 1.90 bits per heavy atom. The highest BCUT2D eigenvalue weighted by Gasteiger charge is 2.38. The molecule has 1 aromatic carbocycles. The summed E-state index contributed by atoms with van der Waals surface area (Å²) < 4.78 is 47.1. The minimum absolute atomic E-state index is 0.291. The predicted octanol–water partition coefficient (Wildman–Crippen LogP) is 3.23. The second-order valence-corrected chi connectivity index (χ2v) is 4.94. The van der Waals surface area contributed by atoms with Gasteiger partial charge in [0.15, 0.2) is 0 Å². The van der Waals surface area contributed by atoms with Gasteiger partial charge in [-0.2, -0.15) is 0 Å². The molecule has 8 heteroatoms. The van der Waals surface area contributed by atoms with Gasteiger partial charge in [-0.3, -0.25) is 0 Å². The third-order valence-corrected chi connectivity index (χ3v) is 3.62. The van der Waals surface area contributed by atoms with Crippen LogP contribution in [-0.2, 0) is 17.8 Å². The van der Waals surface area contributed by atoms with Gasteiger partial charge in [0, 0.05) is 18.8 Å². The van der Waals surface area contributed by atoms with E-state index >= 15 is 0 Å². The number of hydrogen-bond donors (Lipinski definition) is 0. The molecule has 0 amide bonds. The topological polar surface area (TPSA) is 27.1 Å². The zero-order valence-electron chi connectivity index (χ0n) is 10.9. The second-order valence-electron chi connectivity index (χ2n) is 4.94. The lowest BCUT2D eigenvalue weighted by molar-refractivity contribution is -0.00466. The van der Waals surface area contributed by atoms with E-state index in [1.807, 2.05) is 6.20 Å². The molecule has 1 aliphatic heterocycles. The molecule has 2 aromatic rings. The maximum atomic E-state index is 9.75. The number of benzene rings is 1. The van der Waals surface area contributed by atoms with E-state index in [0.29, 0.717) is 18.8 Å². The fourth-order valence-electron chi connectivity index (χ4n) is 2.91. The molecular formula is C13H12BF4N2O-. The summed E-state index contributed by atoms with van der Waals surface area (Å²) in [5.41, 5.74) is 2.81. The number of nitrogens with zero attached hydrogens (tertiary/aromatic N) is 2. The summed E-state index contributed by atoms with van der Waals surface area (Å²) in [7, 11) is -6.00. The highest BCUT2D eigenvalue weighted by Crippen LogP contribution is 2.39. The molecule has 2 atom stereocenters. The van der Waals surface area contributed by atoms with Crippen LogP contribution in [0.15, 0.2) is 36.7 Å². The smallest absolute Gasteiger partial charge is 0.418 e. The van der Waals surface area contributed by atoms with E-state index in [-0.39, 0.29) is 0 Å². The maximum Gasteiger partial charge on any atom is 0.673 e. The quantitative estimate of drug-likeness (QED) is 0.551. The number of hydrogen-bond acceptors (Lipinski definition) is 2. The van der Waals surface area contributed by atoms with Crippen molar-refractivity contribution in [1.82, 2.24) is 9.55 Å². The van der Waals surface area contributed by atoms with Crippen molar-refractivity contribution < 1.29 is 22.0 Å². The molecule has 0 saturated heterocycles. The van der Waals surface area contributed by atoms with Crippen LogP contribution in [0.4, 0.5) is 17.3 Å². The molecule has 0 radical (unpaired) electrons. The van der Waals surface area contributed by atoms with Gasteiger partial charge in [-0.05, 0) is 11.1 Å². The molecule has 1 aliphatic carbocycles. The average molecular weight is 299 g/mol. The van der Waals surface area contributed by atoms with Crippen molar-refractivity contribution in [2.45, 2.75) is 25.2 Å². The molecule has 1 unspecified atom stereocenters. The third kappa shape index (κ3) is 2.95. The summed E-state index contributed by atoms with van der Waals surface area (Å²) in [6, 6.07) is 8.95. The first-order valence-electron chi connectivity index (χ1n) is 6.52. The summed E-state index contributed by atoms with van der Waals surface area (Å²) in [6.45, 7) is 0.641. The zero-order valence-corrected chi connectivity index (χ0v) is 10.9. The number of fused-ring (bicyclic) bond motifs is 5. The molecule has 4 rings (SSSR count). The van der Waals surface area contributed by atoms with Crippen LogP contribution in [0, 0.1) is 0 Å². The molecule has 112 valence electrons. The minimum Gasteiger partial charge on any atom is -0.418 e. The van der Waals surface area contributed by atoms with E-state index in [0.717, 1.165) is 12.2 Å². The number of rotatable bonds is 0. The Morgan fingerprint density at radius 3 is 2.67 bits per heavy atom. The van der Waals surface area contributed by atoms with Crippen LogP contribution in [0.5, 0.6) is 0 Å². The van der Waals surface area contributed by atoms with Crippen LogP contribution in [-0.4, -0.2) is 22.9 Å². The monoisotopic (exact) mass is 299 g/mol. The van der Waals surface area contributed by atoms with Gasteiger partial charge < -0.3 is 26.6 Å². The standard InChI is InChI=1S/C13H12N2O.BF4/c1-2-4-10-9(3-1)7-11-13(10)15-6-5-14-12(15)8-16-11;2-1(3,4)5/h1-6,11,13H,7-8H2;/q;-1/t11-,13?;/m0./s1. The van der Waals surface area contributed by atoms with Crippen LogP contribution < -0.4 is 0 Å². The minimum atomic E-state index is -6.00. The Morgan fingerprint density at radius 1 is 1.19 bits per heavy atom. The number of aromatic nitrogens is 2. The number of halogens is 4. The van der Waals surface area contributed by atoms with Crippen LogP contribution in [0.25, 0.3) is 0 Å². The van der Waals surface area contributed by atoms with Crippen molar-refractivity contribution in [3.05, 3.63) is 53.6 Å². The lowest BCUT2D eigenvalue weighted by Gasteiger charge is -2.28. The summed E-state index contributed by atoms with van der Waals surface area (Å²) in [6.07, 6.45) is 5.25. The van der Waals surface area contributed by atoms with E-state index in [1.54, 1.807) is 0 Å². The molecule has 2 aliphatic rings. The fraction of sp³-hybridized carbons (Fsp3) is 0.308. The van der Waals surface area contributed by atoms with Gasteiger partial charge in [0.25, 0.3) is 0 Å². The number of imidazole rings is 1. The van der Waals surface area contributed by atoms with Gasteiger partial charge in [0.2, 0.25) is 0 Å². The Balaban J connectivity index is 0.000000233. The highest BCUT2D eigenvalue weighted by atomic mass is 19.5. The van der Waals surface area contributed by atoms with Gasteiger partial charge in [-0.25, -0.2) is 4.98 Å². The van der Waals surface area contributed by atoms with Crippen LogP contribution >= 0.6 is 0 Å². The largest absolute Gasteiger partial charge is 0.673 e. The van der Waals surface area contributed by atoms with Crippen molar-refractivity contribution in [2.75, 3.05) is 0 Å². The highest BCUT2D eigenvalue weighted by molar-refractivity contribution is 6.50. The molecule has 0 spiro atoms. The van der Waals surface area contributed by atoms with Crippen molar-refractivity contribution in [3.63, 3.8) is 0 Å². The molecule has 0 bridgehead atoms. The van der Waals surface area contributed by atoms with E-state index in [4.69, 9.17) is 4.74 Å². The van der Waals surface area contributed by atoms with Gasteiger partial charge in [-0.1, -0.05) is 24.3 Å². The SMILES string of the molecule is F[B-](F)(F)F.c1ccc2c(c1)C[C@@H]1OCc3nccn3C21.